The zero-order chi connectivity index (χ0) is 12.7. The lowest BCUT2D eigenvalue weighted by Crippen LogP contribution is -2.18. The van der Waals surface area contributed by atoms with Crippen LogP contribution in [-0.2, 0) is 15.4 Å². The van der Waals surface area contributed by atoms with Crippen LogP contribution >= 0.6 is 0 Å². The summed E-state index contributed by atoms with van der Waals surface area (Å²) < 4.78 is 23.0. The van der Waals surface area contributed by atoms with Gasteiger partial charge in [-0.25, -0.2) is 8.42 Å². The highest BCUT2D eigenvalue weighted by Crippen LogP contribution is 2.28. The molecule has 0 saturated heterocycles. The second-order valence-corrected chi connectivity index (χ2v) is 6.76. The summed E-state index contributed by atoms with van der Waals surface area (Å²) in [5.74, 6) is 0. The van der Waals surface area contributed by atoms with E-state index in [0.29, 0.717) is 5.56 Å². The van der Waals surface area contributed by atoms with Crippen molar-refractivity contribution in [1.82, 2.24) is 0 Å². The zero-order valence-corrected chi connectivity index (χ0v) is 11.1. The molecule has 0 radical (unpaired) electrons. The van der Waals surface area contributed by atoms with Crippen LogP contribution in [-0.4, -0.2) is 19.8 Å². The van der Waals surface area contributed by atoms with Crippen LogP contribution in [0.4, 0.5) is 0 Å². The second kappa shape index (κ2) is 3.86. The molecule has 0 atom stereocenters. The molecule has 16 heavy (non-hydrogen) atoms. The molecule has 0 unspecified atom stereocenters. The summed E-state index contributed by atoms with van der Waals surface area (Å²) >= 11 is 0. The maximum Gasteiger partial charge on any atom is 0.175 e. The third-order valence-electron chi connectivity index (χ3n) is 2.73. The zero-order valence-electron chi connectivity index (χ0n) is 10.3. The van der Waals surface area contributed by atoms with Gasteiger partial charge < -0.3 is 5.11 Å². The Bertz CT molecular complexity index is 508. The minimum absolute atomic E-state index is 0.257. The van der Waals surface area contributed by atoms with E-state index < -0.39 is 15.4 Å². The van der Waals surface area contributed by atoms with E-state index in [1.165, 1.54) is 6.26 Å². The smallest absolute Gasteiger partial charge is 0.175 e. The van der Waals surface area contributed by atoms with Gasteiger partial charge >= 0.3 is 0 Å². The van der Waals surface area contributed by atoms with Gasteiger partial charge in [-0.15, -0.1) is 0 Å². The van der Waals surface area contributed by atoms with Crippen molar-refractivity contribution in [3.8, 4) is 0 Å². The van der Waals surface area contributed by atoms with Crippen LogP contribution in [0.15, 0.2) is 17.0 Å². The van der Waals surface area contributed by atoms with Crippen molar-refractivity contribution in [2.45, 2.75) is 38.2 Å². The number of benzene rings is 1. The van der Waals surface area contributed by atoms with Crippen LogP contribution in [0.1, 0.15) is 30.5 Å². The van der Waals surface area contributed by atoms with Crippen LogP contribution < -0.4 is 0 Å². The van der Waals surface area contributed by atoms with Crippen LogP contribution in [0, 0.1) is 13.8 Å². The summed E-state index contributed by atoms with van der Waals surface area (Å²) in [6.07, 6.45) is 1.17. The van der Waals surface area contributed by atoms with Crippen LogP contribution in [0.25, 0.3) is 0 Å². The van der Waals surface area contributed by atoms with Gasteiger partial charge in [0.2, 0.25) is 0 Å². The summed E-state index contributed by atoms with van der Waals surface area (Å²) in [7, 11) is -3.24. The Labute approximate surface area is 97.0 Å². The van der Waals surface area contributed by atoms with Gasteiger partial charge in [-0.1, -0.05) is 0 Å². The fraction of sp³-hybridized carbons (Fsp3) is 0.500. The fourth-order valence-corrected chi connectivity index (χ4v) is 2.40. The maximum atomic E-state index is 11.5. The van der Waals surface area contributed by atoms with Gasteiger partial charge in [-0.05, 0) is 56.5 Å². The van der Waals surface area contributed by atoms with Crippen LogP contribution in [0.2, 0.25) is 0 Å². The Morgan fingerprint density at radius 1 is 1.19 bits per heavy atom. The van der Waals surface area contributed by atoms with E-state index in [1.807, 2.05) is 13.8 Å². The summed E-state index contributed by atoms with van der Waals surface area (Å²) in [5, 5.41) is 9.99. The third-order valence-corrected chi connectivity index (χ3v) is 3.82. The Kier molecular flexibility index (Phi) is 3.18. The number of hydrogen-bond donors (Lipinski definition) is 1. The molecular formula is C12H18O3S. The molecule has 0 fully saturated rings. The molecule has 3 nitrogen and oxygen atoms in total. The molecule has 1 N–H and O–H groups in total. The molecule has 1 aromatic rings. The van der Waals surface area contributed by atoms with E-state index in [-0.39, 0.29) is 4.90 Å². The molecule has 0 aliphatic rings. The minimum atomic E-state index is -3.24. The topological polar surface area (TPSA) is 54.4 Å². The largest absolute Gasteiger partial charge is 0.386 e. The summed E-state index contributed by atoms with van der Waals surface area (Å²) in [6.45, 7) is 7.04. The lowest BCUT2D eigenvalue weighted by molar-refractivity contribution is 0.0776. The average molecular weight is 242 g/mol. The van der Waals surface area contributed by atoms with Crippen molar-refractivity contribution in [3.05, 3.63) is 28.8 Å². The highest BCUT2D eigenvalue weighted by molar-refractivity contribution is 7.90. The van der Waals surface area contributed by atoms with Crippen LogP contribution in [0.3, 0.4) is 0 Å². The monoisotopic (exact) mass is 242 g/mol. The lowest BCUT2D eigenvalue weighted by Gasteiger charge is -2.22. The molecule has 0 aliphatic heterocycles. The van der Waals surface area contributed by atoms with Crippen LogP contribution in [0.5, 0.6) is 0 Å². The first-order chi connectivity index (χ1) is 7.03. The minimum Gasteiger partial charge on any atom is -0.386 e. The molecule has 4 heteroatoms. The summed E-state index contributed by atoms with van der Waals surface area (Å²) in [5.41, 5.74) is 1.43. The molecule has 1 aromatic carbocycles. The van der Waals surface area contributed by atoms with Crippen molar-refractivity contribution in [2.24, 2.45) is 0 Å². The fourth-order valence-electron chi connectivity index (χ4n) is 1.68. The predicted octanol–water partition coefficient (Wildman–Crippen LogP) is 1.93. The highest BCUT2D eigenvalue weighted by atomic mass is 32.2. The molecule has 1 rings (SSSR count). The molecule has 0 saturated carbocycles. The van der Waals surface area contributed by atoms with E-state index in [4.69, 9.17) is 0 Å². The van der Waals surface area contributed by atoms with Gasteiger partial charge in [0.05, 0.1) is 10.5 Å². The normalized spacial score (nSPS) is 12.9. The van der Waals surface area contributed by atoms with Crippen molar-refractivity contribution in [1.29, 1.82) is 0 Å². The summed E-state index contributed by atoms with van der Waals surface area (Å²) in [4.78, 5) is 0.257. The SMILES string of the molecule is Cc1cc(S(C)(=O)=O)cc(C(C)(C)O)c1C. The third kappa shape index (κ3) is 2.62. The molecular weight excluding hydrogens is 224 g/mol. The first kappa shape index (κ1) is 13.2. The van der Waals surface area contributed by atoms with E-state index in [1.54, 1.807) is 26.0 Å². The van der Waals surface area contributed by atoms with Gasteiger partial charge in [0.15, 0.2) is 9.84 Å². The second-order valence-electron chi connectivity index (χ2n) is 4.74. The highest BCUT2D eigenvalue weighted by Gasteiger charge is 2.22. The molecule has 90 valence electrons. The van der Waals surface area contributed by atoms with Crippen molar-refractivity contribution < 1.29 is 13.5 Å². The van der Waals surface area contributed by atoms with E-state index in [0.717, 1.165) is 11.1 Å². The van der Waals surface area contributed by atoms with Gasteiger partial charge in [0.25, 0.3) is 0 Å². The molecule has 0 bridgehead atoms. The molecule has 0 amide bonds. The number of aryl methyl sites for hydroxylation is 1. The van der Waals surface area contributed by atoms with Crippen molar-refractivity contribution >= 4 is 9.84 Å². The Morgan fingerprint density at radius 3 is 2.06 bits per heavy atom. The molecule has 0 spiro atoms. The Morgan fingerprint density at radius 2 is 1.69 bits per heavy atom. The number of hydrogen-bond acceptors (Lipinski definition) is 3. The van der Waals surface area contributed by atoms with E-state index in [9.17, 15) is 13.5 Å². The molecule has 0 aliphatic carbocycles. The first-order valence-corrected chi connectivity index (χ1v) is 6.97. The van der Waals surface area contributed by atoms with Crippen molar-refractivity contribution in [3.63, 3.8) is 0 Å². The lowest BCUT2D eigenvalue weighted by atomic mass is 9.91. The van der Waals surface area contributed by atoms with Gasteiger partial charge in [0.1, 0.15) is 0 Å². The Hall–Kier alpha value is -0.870. The maximum absolute atomic E-state index is 11.5. The Balaban J connectivity index is 3.59. The van der Waals surface area contributed by atoms with Crippen molar-refractivity contribution in [2.75, 3.05) is 6.26 Å². The molecule has 0 heterocycles. The quantitative estimate of drug-likeness (QED) is 0.862. The summed E-state index contributed by atoms with van der Waals surface area (Å²) in [6, 6.07) is 3.19. The van der Waals surface area contributed by atoms with E-state index >= 15 is 0 Å². The average Bonchev–Trinajstić information content (AvgIpc) is 2.05. The van der Waals surface area contributed by atoms with Gasteiger partial charge in [0, 0.05) is 6.26 Å². The number of sulfone groups is 1. The number of rotatable bonds is 2. The number of aliphatic hydroxyl groups is 1. The van der Waals surface area contributed by atoms with E-state index in [2.05, 4.69) is 0 Å². The predicted molar refractivity (Wildman–Crippen MR) is 64.3 cm³/mol. The van der Waals surface area contributed by atoms with Gasteiger partial charge in [-0.2, -0.15) is 0 Å². The molecule has 0 aromatic heterocycles. The van der Waals surface area contributed by atoms with Gasteiger partial charge in [-0.3, -0.25) is 0 Å². The first-order valence-electron chi connectivity index (χ1n) is 5.07. The standard InChI is InChI=1S/C12H18O3S/c1-8-6-10(16(5,14)15)7-11(9(8)2)12(3,4)13/h6-7,13H,1-5H3.